The molecule has 4 N–H and O–H groups in total. The summed E-state index contributed by atoms with van der Waals surface area (Å²) in [6.45, 7) is 3.93. The molecule has 2 saturated heterocycles. The fourth-order valence-corrected chi connectivity index (χ4v) is 9.70. The third-order valence-electron chi connectivity index (χ3n) is 11.6. The van der Waals surface area contributed by atoms with Crippen molar-refractivity contribution >= 4 is 12.3 Å². The number of aliphatic hydroxyl groups is 4. The Labute approximate surface area is 226 Å². The molecule has 0 spiro atoms. The van der Waals surface area contributed by atoms with Crippen LogP contribution in [0, 0.1) is 28.6 Å². The quantitative estimate of drug-likeness (QED) is 0.223. The number of rotatable bonds is 2. The lowest BCUT2D eigenvalue weighted by Crippen LogP contribution is -2.70. The van der Waals surface area contributed by atoms with Crippen molar-refractivity contribution in [3.05, 3.63) is 23.3 Å². The van der Waals surface area contributed by atoms with Crippen LogP contribution in [0.3, 0.4) is 0 Å². The van der Waals surface area contributed by atoms with Crippen molar-refractivity contribution in [2.24, 2.45) is 28.6 Å². The van der Waals surface area contributed by atoms with Crippen molar-refractivity contribution in [2.45, 2.75) is 107 Å². The van der Waals surface area contributed by atoms with Gasteiger partial charge in [0.2, 0.25) is 12.1 Å². The molecule has 0 radical (unpaired) electrons. The third kappa shape index (κ3) is 3.34. The van der Waals surface area contributed by atoms with E-state index in [1.807, 2.05) is 13.0 Å². The largest absolute Gasteiger partial charge is 0.458 e. The highest BCUT2D eigenvalue weighted by atomic mass is 16.8. The van der Waals surface area contributed by atoms with Crippen LogP contribution in [0.25, 0.3) is 0 Å². The number of carbonyl (C=O) groups excluding carboxylic acids is 2. The Hall–Kier alpha value is -1.66. The summed E-state index contributed by atoms with van der Waals surface area (Å²) in [4.78, 5) is 24.9. The molecule has 10 heteroatoms. The van der Waals surface area contributed by atoms with Gasteiger partial charge in [-0.15, -0.1) is 0 Å². The standard InChI is InChI=1S/C29H38O10/c1-14-7-22(32)29(35)25(37-14)38-21-11-27(13-30)16(9-20(21)39-29)3-4-18-17(27)5-6-26(2)24(15-8-23(33)36-12-15)19(31)10-28(18,26)34/h3,8,13-14,17-22,24-25,31-32,34-35H,4-7,9-12H2,1-2H3/t14-,17+,18-,19-,20-,21-,22+,24+,25+,26-,27-,28+,29+/m1/s1. The van der Waals surface area contributed by atoms with Gasteiger partial charge in [0.05, 0.1) is 35.4 Å². The summed E-state index contributed by atoms with van der Waals surface area (Å²) in [7, 11) is 0. The van der Waals surface area contributed by atoms with Crippen molar-refractivity contribution in [3.8, 4) is 0 Å². The van der Waals surface area contributed by atoms with Gasteiger partial charge in [-0.1, -0.05) is 18.6 Å². The molecule has 7 rings (SSSR count). The molecule has 3 heterocycles. The van der Waals surface area contributed by atoms with E-state index in [1.165, 1.54) is 6.08 Å². The predicted octanol–water partition coefficient (Wildman–Crippen LogP) is 0.892. The Morgan fingerprint density at radius 1 is 1.10 bits per heavy atom. The lowest BCUT2D eigenvalue weighted by atomic mass is 9.45. The average Bonchev–Trinajstić information content (AvgIpc) is 3.38. The number of hydrogen-bond acceptors (Lipinski definition) is 10. The number of aliphatic hydroxyl groups excluding tert-OH is 2. The SMILES string of the molecule is C[C@@H]1C[C@H](O)[C@]2(O)O[C@@H]3CC4=CC[C@@H]5[C@H](CC[C@]6(C)[C@@H](C7=CC(=O)OC7)[C@H](O)C[C@]56O)[C@@]4(C=O)C[C@H]3O[C@@H]2O1. The molecular weight excluding hydrogens is 508 g/mol. The summed E-state index contributed by atoms with van der Waals surface area (Å²) in [5.74, 6) is -3.22. The van der Waals surface area contributed by atoms with Gasteiger partial charge in [-0.2, -0.15) is 0 Å². The lowest BCUT2D eigenvalue weighted by Gasteiger charge is -2.62. The molecule has 7 aliphatic rings. The van der Waals surface area contributed by atoms with Gasteiger partial charge in [-0.25, -0.2) is 4.79 Å². The normalized spacial score (nSPS) is 56.2. The smallest absolute Gasteiger partial charge is 0.331 e. The minimum Gasteiger partial charge on any atom is -0.458 e. The molecule has 0 bridgehead atoms. The van der Waals surface area contributed by atoms with E-state index in [4.69, 9.17) is 18.9 Å². The first kappa shape index (κ1) is 26.3. The molecule has 13 atom stereocenters. The molecule has 3 saturated carbocycles. The van der Waals surface area contributed by atoms with Crippen molar-refractivity contribution in [1.82, 2.24) is 0 Å². The van der Waals surface area contributed by atoms with Crippen LogP contribution >= 0.6 is 0 Å². The van der Waals surface area contributed by atoms with E-state index >= 15 is 0 Å². The summed E-state index contributed by atoms with van der Waals surface area (Å²) < 4.78 is 23.3. The van der Waals surface area contributed by atoms with Crippen LogP contribution < -0.4 is 0 Å². The van der Waals surface area contributed by atoms with Gasteiger partial charge < -0.3 is 44.2 Å². The molecule has 4 aliphatic carbocycles. The second kappa shape index (κ2) is 8.44. The monoisotopic (exact) mass is 546 g/mol. The van der Waals surface area contributed by atoms with Gasteiger partial charge in [0, 0.05) is 30.3 Å². The van der Waals surface area contributed by atoms with Gasteiger partial charge in [0.25, 0.3) is 0 Å². The first-order chi connectivity index (χ1) is 18.4. The summed E-state index contributed by atoms with van der Waals surface area (Å²) in [5, 5.41) is 45.4. The van der Waals surface area contributed by atoms with Crippen LogP contribution in [-0.4, -0.2) is 87.5 Å². The number of fused-ring (bicyclic) bond motifs is 7. The zero-order valence-corrected chi connectivity index (χ0v) is 22.3. The molecular formula is C29H38O10. The number of carbonyl (C=O) groups is 2. The first-order valence-electron chi connectivity index (χ1n) is 14.3. The fraction of sp³-hybridized carbons (Fsp3) is 0.793. The van der Waals surface area contributed by atoms with Crippen LogP contribution in [0.2, 0.25) is 0 Å². The molecule has 3 aliphatic heterocycles. The number of aldehydes is 1. The van der Waals surface area contributed by atoms with Gasteiger partial charge in [-0.05, 0) is 56.4 Å². The second-order valence-electron chi connectivity index (χ2n) is 13.3. The molecule has 0 aromatic heterocycles. The molecule has 5 fully saturated rings. The summed E-state index contributed by atoms with van der Waals surface area (Å²) in [6, 6.07) is 0. The molecule has 0 aromatic rings. The van der Waals surface area contributed by atoms with E-state index in [0.29, 0.717) is 32.1 Å². The fourth-order valence-electron chi connectivity index (χ4n) is 9.70. The Kier molecular flexibility index (Phi) is 5.68. The maximum atomic E-state index is 13.1. The zero-order valence-electron chi connectivity index (χ0n) is 22.3. The van der Waals surface area contributed by atoms with Gasteiger partial charge in [-0.3, -0.25) is 0 Å². The third-order valence-corrected chi connectivity index (χ3v) is 11.6. The topological polar surface area (TPSA) is 152 Å². The molecule has 214 valence electrons. The number of cyclic esters (lactones) is 1. The van der Waals surface area contributed by atoms with E-state index in [-0.39, 0.29) is 37.4 Å². The van der Waals surface area contributed by atoms with Crippen LogP contribution in [0.5, 0.6) is 0 Å². The van der Waals surface area contributed by atoms with Crippen LogP contribution in [0.4, 0.5) is 0 Å². The number of hydrogen-bond donors (Lipinski definition) is 4. The lowest BCUT2D eigenvalue weighted by molar-refractivity contribution is -0.453. The number of ether oxygens (including phenoxy) is 4. The van der Waals surface area contributed by atoms with Gasteiger partial charge >= 0.3 is 5.97 Å². The predicted molar refractivity (Wildman–Crippen MR) is 133 cm³/mol. The van der Waals surface area contributed by atoms with Gasteiger partial charge in [0.15, 0.2) is 0 Å². The van der Waals surface area contributed by atoms with Crippen LogP contribution in [-0.2, 0) is 28.5 Å². The summed E-state index contributed by atoms with van der Waals surface area (Å²) in [6.07, 6.45) is 2.83. The van der Waals surface area contributed by atoms with E-state index < -0.39 is 64.8 Å². The second-order valence-corrected chi connectivity index (χ2v) is 13.3. The van der Waals surface area contributed by atoms with E-state index in [2.05, 4.69) is 0 Å². The highest BCUT2D eigenvalue weighted by Gasteiger charge is 2.71. The molecule has 0 aromatic carbocycles. The Morgan fingerprint density at radius 3 is 2.62 bits per heavy atom. The molecule has 39 heavy (non-hydrogen) atoms. The average molecular weight is 547 g/mol. The van der Waals surface area contributed by atoms with Crippen molar-refractivity contribution in [1.29, 1.82) is 0 Å². The highest BCUT2D eigenvalue weighted by molar-refractivity contribution is 5.85. The van der Waals surface area contributed by atoms with E-state index in [9.17, 15) is 30.0 Å². The molecule has 0 amide bonds. The molecule has 10 nitrogen and oxygen atoms in total. The summed E-state index contributed by atoms with van der Waals surface area (Å²) in [5.41, 5.74) is -1.15. The maximum Gasteiger partial charge on any atom is 0.331 e. The maximum absolute atomic E-state index is 13.1. The van der Waals surface area contributed by atoms with Crippen LogP contribution in [0.1, 0.15) is 58.8 Å². The zero-order chi connectivity index (χ0) is 27.5. The Bertz CT molecular complexity index is 1150. The van der Waals surface area contributed by atoms with Crippen LogP contribution in [0.15, 0.2) is 23.3 Å². The summed E-state index contributed by atoms with van der Waals surface area (Å²) >= 11 is 0. The number of allylic oxidation sites excluding steroid dienone is 1. The van der Waals surface area contributed by atoms with Gasteiger partial charge in [0.1, 0.15) is 19.0 Å². The van der Waals surface area contributed by atoms with Crippen molar-refractivity contribution < 1.29 is 49.0 Å². The number of esters is 1. The minimum atomic E-state index is -1.97. The van der Waals surface area contributed by atoms with E-state index in [0.717, 1.165) is 17.4 Å². The first-order valence-corrected chi connectivity index (χ1v) is 14.3. The van der Waals surface area contributed by atoms with Crippen molar-refractivity contribution in [2.75, 3.05) is 6.61 Å². The Balaban J connectivity index is 1.22. The van der Waals surface area contributed by atoms with E-state index in [1.54, 1.807) is 6.92 Å². The minimum absolute atomic E-state index is 0.131. The Morgan fingerprint density at radius 2 is 1.90 bits per heavy atom. The molecule has 0 unspecified atom stereocenters. The highest BCUT2D eigenvalue weighted by Crippen LogP contribution is 2.69. The van der Waals surface area contributed by atoms with Crippen molar-refractivity contribution in [3.63, 3.8) is 0 Å².